The van der Waals surface area contributed by atoms with Crippen molar-refractivity contribution >= 4 is 29.6 Å². The number of nitrogens with one attached hydrogen (secondary N) is 3. The Kier molecular flexibility index (Phi) is 6.35. The lowest BCUT2D eigenvalue weighted by Gasteiger charge is -1.97. The zero-order valence-corrected chi connectivity index (χ0v) is 13.6. The maximum absolute atomic E-state index is 9.80. The monoisotopic (exact) mass is 341 g/mol. The minimum absolute atomic E-state index is 0.194. The smallest absolute Gasteiger partial charge is 0.227 e. The predicted molar refractivity (Wildman–Crippen MR) is 96.8 cm³/mol. The van der Waals surface area contributed by atoms with E-state index in [4.69, 9.17) is 10.2 Å². The average Bonchev–Trinajstić information content (AvgIpc) is 3.02. The molecule has 1 heterocycles. The summed E-state index contributed by atoms with van der Waals surface area (Å²) in [5.41, 5.74) is 4.73. The van der Waals surface area contributed by atoms with Crippen molar-refractivity contribution in [1.82, 2.24) is 15.4 Å². The Balaban J connectivity index is 0.000000181. The lowest BCUT2D eigenvalue weighted by Crippen LogP contribution is -2.00. The van der Waals surface area contributed by atoms with E-state index < -0.39 is 0 Å². The van der Waals surface area contributed by atoms with Crippen LogP contribution in [-0.4, -0.2) is 39.4 Å². The number of carbonyl (C=O) groups is 1. The van der Waals surface area contributed by atoms with Gasteiger partial charge >= 0.3 is 0 Å². The predicted octanol–water partition coefficient (Wildman–Crippen LogP) is 2.17. The summed E-state index contributed by atoms with van der Waals surface area (Å²) in [5.74, 6) is 0.425. The summed E-state index contributed by atoms with van der Waals surface area (Å²) in [4.78, 5) is 17.3. The molecule has 130 valence electrons. The molecule has 0 bridgehead atoms. The maximum Gasteiger partial charge on any atom is 0.227 e. The second-order valence-electron chi connectivity index (χ2n) is 4.89. The number of para-hydroxylation sites is 2. The third-order valence-electron chi connectivity index (χ3n) is 3.07. The fraction of sp³-hybridized carbons (Fsp3) is 0.118. The Labute approximate surface area is 144 Å². The molecule has 0 fully saturated rings. The van der Waals surface area contributed by atoms with E-state index in [9.17, 15) is 4.79 Å². The van der Waals surface area contributed by atoms with Crippen molar-refractivity contribution in [3.63, 3.8) is 0 Å². The zero-order valence-electron chi connectivity index (χ0n) is 13.6. The molecule has 8 heteroatoms. The number of nitrogens with zero attached hydrogens (tertiary/aromatic N) is 2. The van der Waals surface area contributed by atoms with E-state index in [-0.39, 0.29) is 11.5 Å². The number of amides is 1. The Morgan fingerprint density at radius 2 is 2.00 bits per heavy atom. The first-order valence-electron chi connectivity index (χ1n) is 7.57. The van der Waals surface area contributed by atoms with Gasteiger partial charge in [0.25, 0.3) is 0 Å². The molecule has 8 nitrogen and oxygen atoms in total. The van der Waals surface area contributed by atoms with Crippen LogP contribution in [0.2, 0.25) is 0 Å². The van der Waals surface area contributed by atoms with Gasteiger partial charge in [-0.3, -0.25) is 4.79 Å². The highest BCUT2D eigenvalue weighted by Crippen LogP contribution is 2.23. The molecule has 5 N–H and O–H groups in total. The number of hydrogen-bond donors (Lipinski definition) is 5. The maximum atomic E-state index is 9.80. The number of imidazole rings is 1. The fourth-order valence-corrected chi connectivity index (χ4v) is 1.97. The van der Waals surface area contributed by atoms with Crippen LogP contribution < -0.4 is 10.7 Å². The SMILES string of the molecule is CCNc1nc2ccccc2[nH]1.O=CN/N=C/c1ccc(O)c(O)c1. The lowest BCUT2D eigenvalue weighted by atomic mass is 10.2. The van der Waals surface area contributed by atoms with Gasteiger partial charge in [-0.05, 0) is 42.8 Å². The van der Waals surface area contributed by atoms with Crippen LogP contribution in [0.4, 0.5) is 5.95 Å². The van der Waals surface area contributed by atoms with Gasteiger partial charge in [0.15, 0.2) is 11.5 Å². The molecular formula is C17H19N5O3. The van der Waals surface area contributed by atoms with Gasteiger partial charge in [0.05, 0.1) is 17.2 Å². The van der Waals surface area contributed by atoms with Gasteiger partial charge < -0.3 is 20.5 Å². The summed E-state index contributed by atoms with van der Waals surface area (Å²) in [5, 5.41) is 24.6. The van der Waals surface area contributed by atoms with Gasteiger partial charge in [0, 0.05) is 6.54 Å². The molecule has 0 aliphatic heterocycles. The Morgan fingerprint density at radius 1 is 1.20 bits per heavy atom. The number of phenolic OH excluding ortho intramolecular Hbond substituents is 2. The quantitative estimate of drug-likeness (QED) is 0.211. The molecule has 0 aliphatic carbocycles. The van der Waals surface area contributed by atoms with Crippen molar-refractivity contribution in [2.45, 2.75) is 6.92 Å². The second-order valence-corrected chi connectivity index (χ2v) is 4.89. The minimum Gasteiger partial charge on any atom is -0.504 e. The van der Waals surface area contributed by atoms with Crippen molar-refractivity contribution in [3.05, 3.63) is 48.0 Å². The van der Waals surface area contributed by atoms with Crippen LogP contribution in [0, 0.1) is 0 Å². The lowest BCUT2D eigenvalue weighted by molar-refractivity contribution is -0.109. The molecule has 25 heavy (non-hydrogen) atoms. The van der Waals surface area contributed by atoms with Crippen LogP contribution in [0.5, 0.6) is 11.5 Å². The van der Waals surface area contributed by atoms with Crippen molar-refractivity contribution in [3.8, 4) is 11.5 Å². The molecule has 1 aromatic heterocycles. The third kappa shape index (κ3) is 5.24. The third-order valence-corrected chi connectivity index (χ3v) is 3.07. The molecule has 3 rings (SSSR count). The number of aromatic nitrogens is 2. The van der Waals surface area contributed by atoms with Crippen LogP contribution in [0.1, 0.15) is 12.5 Å². The molecule has 3 aromatic rings. The molecule has 0 atom stereocenters. The van der Waals surface area contributed by atoms with Crippen LogP contribution in [-0.2, 0) is 4.79 Å². The number of benzene rings is 2. The number of anilines is 1. The first-order valence-corrected chi connectivity index (χ1v) is 7.57. The molecule has 0 aliphatic rings. The molecule has 0 saturated carbocycles. The average molecular weight is 341 g/mol. The van der Waals surface area contributed by atoms with E-state index in [0.29, 0.717) is 12.0 Å². The number of phenols is 2. The number of fused-ring (bicyclic) bond motifs is 1. The topological polar surface area (TPSA) is 123 Å². The molecule has 2 aromatic carbocycles. The fourth-order valence-electron chi connectivity index (χ4n) is 1.97. The van der Waals surface area contributed by atoms with E-state index in [0.717, 1.165) is 23.5 Å². The van der Waals surface area contributed by atoms with Gasteiger partial charge in [0.2, 0.25) is 12.4 Å². The summed E-state index contributed by atoms with van der Waals surface area (Å²) in [6.45, 7) is 2.94. The van der Waals surface area contributed by atoms with Gasteiger partial charge in [-0.2, -0.15) is 5.10 Å². The summed E-state index contributed by atoms with van der Waals surface area (Å²) >= 11 is 0. The van der Waals surface area contributed by atoms with Crippen LogP contribution in [0.15, 0.2) is 47.6 Å². The van der Waals surface area contributed by atoms with Gasteiger partial charge in [-0.1, -0.05) is 12.1 Å². The highest BCUT2D eigenvalue weighted by atomic mass is 16.3. The Morgan fingerprint density at radius 3 is 2.68 bits per heavy atom. The summed E-state index contributed by atoms with van der Waals surface area (Å²) < 4.78 is 0. The number of H-pyrrole nitrogens is 1. The number of rotatable bonds is 5. The minimum atomic E-state index is -0.227. The van der Waals surface area contributed by atoms with E-state index >= 15 is 0 Å². The van der Waals surface area contributed by atoms with Crippen molar-refractivity contribution in [2.24, 2.45) is 5.10 Å². The first kappa shape index (κ1) is 17.8. The van der Waals surface area contributed by atoms with E-state index in [1.165, 1.54) is 18.3 Å². The normalized spacial score (nSPS) is 10.3. The number of carbonyl (C=O) groups excluding carboxylic acids is 1. The summed E-state index contributed by atoms with van der Waals surface area (Å²) in [7, 11) is 0. The van der Waals surface area contributed by atoms with Crippen molar-refractivity contribution < 1.29 is 15.0 Å². The number of hydrogen-bond acceptors (Lipinski definition) is 6. The van der Waals surface area contributed by atoms with E-state index in [2.05, 4.69) is 25.8 Å². The highest BCUT2D eigenvalue weighted by Gasteiger charge is 1.98. The Hall–Kier alpha value is -3.55. The second kappa shape index (κ2) is 8.92. The standard InChI is InChI=1S/C9H11N3.C8H8N2O3/c1-2-10-9-11-7-5-3-4-6-8(7)12-9;11-5-10-9-4-6-1-2-7(12)8(13)3-6/h3-6H,2H2,1H3,(H2,10,11,12);1-5,12-13H,(H,10,11)/b;9-4+. The molecule has 0 saturated heterocycles. The Bertz CT molecular complexity index is 827. The molecule has 0 spiro atoms. The van der Waals surface area contributed by atoms with Crippen molar-refractivity contribution in [2.75, 3.05) is 11.9 Å². The number of aromatic hydroxyl groups is 2. The largest absolute Gasteiger partial charge is 0.504 e. The summed E-state index contributed by atoms with van der Waals surface area (Å²) in [6, 6.07) is 12.2. The van der Waals surface area contributed by atoms with Crippen LogP contribution in [0.3, 0.4) is 0 Å². The van der Waals surface area contributed by atoms with Gasteiger partial charge in [-0.15, -0.1) is 0 Å². The van der Waals surface area contributed by atoms with Crippen molar-refractivity contribution in [1.29, 1.82) is 0 Å². The molecular weight excluding hydrogens is 322 g/mol. The first-order chi connectivity index (χ1) is 12.1. The van der Waals surface area contributed by atoms with Crippen LogP contribution in [0.25, 0.3) is 11.0 Å². The molecule has 0 radical (unpaired) electrons. The van der Waals surface area contributed by atoms with Crippen LogP contribution >= 0.6 is 0 Å². The van der Waals surface area contributed by atoms with Gasteiger partial charge in [-0.25, -0.2) is 10.4 Å². The number of aromatic amines is 1. The zero-order chi connectivity index (χ0) is 18.1. The molecule has 0 unspecified atom stereocenters. The van der Waals surface area contributed by atoms with Gasteiger partial charge in [0.1, 0.15) is 0 Å². The number of hydrazone groups is 1. The summed E-state index contributed by atoms with van der Waals surface area (Å²) in [6.07, 6.45) is 1.77. The molecule has 1 amide bonds. The highest BCUT2D eigenvalue weighted by molar-refractivity contribution is 5.81. The van der Waals surface area contributed by atoms with E-state index in [1.54, 1.807) is 6.07 Å². The van der Waals surface area contributed by atoms with E-state index in [1.807, 2.05) is 31.2 Å².